The number of carbonyl (C=O) groups is 2. The van der Waals surface area contributed by atoms with E-state index in [4.69, 9.17) is 14.2 Å². The molecule has 1 aromatic heterocycles. The highest BCUT2D eigenvalue weighted by molar-refractivity contribution is 6.00. The first kappa shape index (κ1) is 24.4. The minimum atomic E-state index is -0.625. The molecule has 192 valence electrons. The molecular weight excluding hydrogens is 462 g/mol. The molecule has 1 amide bonds. The third-order valence-corrected chi connectivity index (χ3v) is 7.52. The maximum atomic E-state index is 13.9. The molecule has 3 aliphatic rings. The molecule has 1 unspecified atom stereocenters. The number of esters is 1. The van der Waals surface area contributed by atoms with Gasteiger partial charge in [-0.1, -0.05) is 12.1 Å². The number of hydrogen-bond acceptors (Lipinski definition) is 7. The first-order valence-corrected chi connectivity index (χ1v) is 12.7. The lowest BCUT2D eigenvalue weighted by Gasteiger charge is -2.34. The fraction of sp³-hybridized carbons (Fsp3) is 0.519. The highest BCUT2D eigenvalue weighted by Gasteiger charge is 2.36. The molecule has 4 heterocycles. The topological polar surface area (TPSA) is 90.3 Å². The Morgan fingerprint density at radius 1 is 1.06 bits per heavy atom. The molecule has 0 N–H and O–H groups in total. The average molecular weight is 496 g/mol. The van der Waals surface area contributed by atoms with Crippen molar-refractivity contribution in [2.45, 2.75) is 51.2 Å². The normalized spacial score (nSPS) is 19.6. The van der Waals surface area contributed by atoms with Crippen LogP contribution in [0.2, 0.25) is 0 Å². The predicted octanol–water partition coefficient (Wildman–Crippen LogP) is 2.02. The Balaban J connectivity index is 1.43. The summed E-state index contributed by atoms with van der Waals surface area (Å²) in [6, 6.07) is 7.10. The van der Waals surface area contributed by atoms with Crippen LogP contribution in [0.5, 0.6) is 11.5 Å². The largest absolute Gasteiger partial charge is 0.496 e. The smallest absolute Gasteiger partial charge is 0.328 e. The number of rotatable bonds is 5. The van der Waals surface area contributed by atoms with Gasteiger partial charge in [0.25, 0.3) is 11.5 Å². The van der Waals surface area contributed by atoms with Gasteiger partial charge in [0, 0.05) is 57.3 Å². The lowest BCUT2D eigenvalue weighted by atomic mass is 9.99. The molecule has 0 aliphatic carbocycles. The van der Waals surface area contributed by atoms with Gasteiger partial charge in [0.2, 0.25) is 0 Å². The number of ether oxygens (including phenoxy) is 3. The number of nitrogens with zero attached hydrogens (tertiary/aromatic N) is 3. The fourth-order valence-corrected chi connectivity index (χ4v) is 5.64. The van der Waals surface area contributed by atoms with Crippen molar-refractivity contribution in [2.75, 3.05) is 40.5 Å². The van der Waals surface area contributed by atoms with Crippen molar-refractivity contribution in [3.63, 3.8) is 0 Å². The summed E-state index contributed by atoms with van der Waals surface area (Å²) in [5.74, 6) is 0.536. The van der Waals surface area contributed by atoms with Gasteiger partial charge in [-0.25, -0.2) is 4.79 Å². The third kappa shape index (κ3) is 4.59. The molecule has 5 rings (SSSR count). The van der Waals surface area contributed by atoms with Crippen LogP contribution in [-0.4, -0.2) is 72.7 Å². The predicted molar refractivity (Wildman–Crippen MR) is 133 cm³/mol. The molecule has 2 aromatic rings. The number of carbonyl (C=O) groups excluding carboxylic acids is 2. The van der Waals surface area contributed by atoms with Crippen LogP contribution in [0.4, 0.5) is 0 Å². The van der Waals surface area contributed by atoms with Crippen LogP contribution in [0, 0.1) is 0 Å². The van der Waals surface area contributed by atoms with Crippen molar-refractivity contribution in [2.24, 2.45) is 0 Å². The zero-order valence-corrected chi connectivity index (χ0v) is 21.0. The van der Waals surface area contributed by atoms with Crippen LogP contribution >= 0.6 is 0 Å². The Labute approximate surface area is 210 Å². The molecule has 0 saturated carbocycles. The zero-order chi connectivity index (χ0) is 25.2. The van der Waals surface area contributed by atoms with E-state index in [2.05, 4.69) is 17.0 Å². The number of methoxy groups -OCH3 is 2. The maximum absolute atomic E-state index is 13.9. The van der Waals surface area contributed by atoms with E-state index in [1.54, 1.807) is 9.47 Å². The van der Waals surface area contributed by atoms with Gasteiger partial charge in [-0.3, -0.25) is 14.5 Å². The van der Waals surface area contributed by atoms with Crippen molar-refractivity contribution in [1.82, 2.24) is 14.4 Å². The molecule has 0 bridgehead atoms. The summed E-state index contributed by atoms with van der Waals surface area (Å²) in [4.78, 5) is 43.2. The van der Waals surface area contributed by atoms with Crippen LogP contribution in [-0.2, 0) is 35.5 Å². The number of benzene rings is 1. The summed E-state index contributed by atoms with van der Waals surface area (Å²) in [7, 11) is 2.81. The van der Waals surface area contributed by atoms with Crippen LogP contribution in [0.3, 0.4) is 0 Å². The fourth-order valence-electron chi connectivity index (χ4n) is 5.64. The number of pyridine rings is 1. The van der Waals surface area contributed by atoms with Crippen molar-refractivity contribution >= 4 is 11.9 Å². The molecule has 1 saturated heterocycles. The standard InChI is InChI=1S/C27H33N3O6/c1-34-23-16-24(31)29-13-12-28(17-18-6-7-22-19(15-18)9-14-36-22)11-8-20(29)25(23)26(32)30-10-4-3-5-21(30)27(33)35-2/h6-7,15-16,21H,3-5,8-14,17H2,1-2H3. The zero-order valence-electron chi connectivity index (χ0n) is 21.0. The van der Waals surface area contributed by atoms with E-state index < -0.39 is 12.0 Å². The molecule has 9 nitrogen and oxygen atoms in total. The van der Waals surface area contributed by atoms with E-state index in [0.29, 0.717) is 50.3 Å². The van der Waals surface area contributed by atoms with Gasteiger partial charge in [-0.15, -0.1) is 0 Å². The second-order valence-corrected chi connectivity index (χ2v) is 9.62. The molecule has 36 heavy (non-hydrogen) atoms. The van der Waals surface area contributed by atoms with E-state index >= 15 is 0 Å². The number of piperidine rings is 1. The minimum absolute atomic E-state index is 0.182. The maximum Gasteiger partial charge on any atom is 0.328 e. The highest BCUT2D eigenvalue weighted by Crippen LogP contribution is 2.29. The minimum Gasteiger partial charge on any atom is -0.496 e. The monoisotopic (exact) mass is 495 g/mol. The Morgan fingerprint density at radius 3 is 2.72 bits per heavy atom. The summed E-state index contributed by atoms with van der Waals surface area (Å²) in [5, 5.41) is 0. The molecule has 3 aliphatic heterocycles. The van der Waals surface area contributed by atoms with Crippen LogP contribution < -0.4 is 15.0 Å². The van der Waals surface area contributed by atoms with E-state index in [0.717, 1.165) is 38.2 Å². The average Bonchev–Trinajstić information content (AvgIpc) is 3.27. The van der Waals surface area contributed by atoms with Crippen LogP contribution in [0.15, 0.2) is 29.1 Å². The first-order chi connectivity index (χ1) is 17.5. The van der Waals surface area contributed by atoms with Gasteiger partial charge < -0.3 is 23.7 Å². The molecule has 0 radical (unpaired) electrons. The van der Waals surface area contributed by atoms with Gasteiger partial charge in [0.05, 0.1) is 20.8 Å². The Bertz CT molecular complexity index is 1220. The lowest BCUT2D eigenvalue weighted by molar-refractivity contribution is -0.147. The van der Waals surface area contributed by atoms with Crippen LogP contribution in [0.1, 0.15) is 46.4 Å². The summed E-state index contributed by atoms with van der Waals surface area (Å²) >= 11 is 0. The van der Waals surface area contributed by atoms with Gasteiger partial charge in [0.1, 0.15) is 23.1 Å². The number of hydrogen-bond donors (Lipinski definition) is 0. The summed E-state index contributed by atoms with van der Waals surface area (Å²) < 4.78 is 17.8. The van der Waals surface area contributed by atoms with E-state index in [1.165, 1.54) is 31.4 Å². The molecule has 0 spiro atoms. The Hall–Kier alpha value is -3.33. The third-order valence-electron chi connectivity index (χ3n) is 7.52. The van der Waals surface area contributed by atoms with Gasteiger partial charge in [-0.05, 0) is 36.5 Å². The molecule has 9 heteroatoms. The molecule has 1 aromatic carbocycles. The second-order valence-electron chi connectivity index (χ2n) is 9.62. The van der Waals surface area contributed by atoms with Gasteiger partial charge in [-0.2, -0.15) is 0 Å². The lowest BCUT2D eigenvalue weighted by Crippen LogP contribution is -2.49. The SMILES string of the molecule is COC(=O)C1CCCCN1C(=O)c1c(OC)cc(=O)n2c1CCN(Cc1ccc3c(c1)CCO3)CC2. The van der Waals surface area contributed by atoms with E-state index in [-0.39, 0.29) is 17.2 Å². The van der Waals surface area contributed by atoms with E-state index in [1.807, 2.05) is 6.07 Å². The molecular formula is C27H33N3O6. The van der Waals surface area contributed by atoms with Crippen molar-refractivity contribution in [3.05, 3.63) is 57.0 Å². The second kappa shape index (κ2) is 10.3. The molecule has 1 fully saturated rings. The number of amides is 1. The van der Waals surface area contributed by atoms with Crippen molar-refractivity contribution < 1.29 is 23.8 Å². The first-order valence-electron chi connectivity index (χ1n) is 12.7. The van der Waals surface area contributed by atoms with Crippen molar-refractivity contribution in [1.29, 1.82) is 0 Å². The Kier molecular flexibility index (Phi) is 7.00. The van der Waals surface area contributed by atoms with Crippen molar-refractivity contribution in [3.8, 4) is 11.5 Å². The number of likely N-dealkylation sites (tertiary alicyclic amines) is 1. The van der Waals surface area contributed by atoms with E-state index in [9.17, 15) is 14.4 Å². The quantitative estimate of drug-likeness (QED) is 0.586. The van der Waals surface area contributed by atoms with Gasteiger partial charge >= 0.3 is 5.97 Å². The van der Waals surface area contributed by atoms with Gasteiger partial charge in [0.15, 0.2) is 0 Å². The summed E-state index contributed by atoms with van der Waals surface area (Å²) in [6.07, 6.45) is 3.69. The Morgan fingerprint density at radius 2 is 1.92 bits per heavy atom. The molecule has 1 atom stereocenters. The number of fused-ring (bicyclic) bond motifs is 2. The van der Waals surface area contributed by atoms with Crippen LogP contribution in [0.25, 0.3) is 0 Å². The summed E-state index contributed by atoms with van der Waals surface area (Å²) in [6.45, 7) is 3.82. The summed E-state index contributed by atoms with van der Waals surface area (Å²) in [5.41, 5.74) is 3.31. The highest BCUT2D eigenvalue weighted by atomic mass is 16.5. The number of aromatic nitrogens is 1.